The lowest BCUT2D eigenvalue weighted by atomic mass is 9.96. The second-order valence-corrected chi connectivity index (χ2v) is 8.84. The smallest absolute Gasteiger partial charge is 0.341 e. The van der Waals surface area contributed by atoms with Crippen molar-refractivity contribution < 1.29 is 14.6 Å². The normalized spacial score (nSPS) is 11.3. The van der Waals surface area contributed by atoms with Crippen molar-refractivity contribution in [3.05, 3.63) is 99.1 Å². The van der Waals surface area contributed by atoms with Gasteiger partial charge in [0.2, 0.25) is 0 Å². The first kappa shape index (κ1) is 22.4. The van der Waals surface area contributed by atoms with E-state index >= 15 is 0 Å². The van der Waals surface area contributed by atoms with Gasteiger partial charge in [-0.25, -0.2) is 4.79 Å². The van der Waals surface area contributed by atoms with Crippen molar-refractivity contribution in [2.75, 3.05) is 12.4 Å². The second-order valence-electron chi connectivity index (χ2n) is 6.62. The summed E-state index contributed by atoms with van der Waals surface area (Å²) in [6, 6.07) is 24.9. The molecule has 0 bridgehead atoms. The van der Waals surface area contributed by atoms with E-state index in [-0.39, 0.29) is 6.61 Å². The number of ether oxygens (including phenoxy) is 1. The lowest BCUT2D eigenvalue weighted by molar-refractivity contribution is -0.139. The number of benzene rings is 3. The lowest BCUT2D eigenvalue weighted by Gasteiger charge is -2.11. The quantitative estimate of drug-likeness (QED) is 0.252. The molecule has 3 nitrogen and oxygen atoms in total. The van der Waals surface area contributed by atoms with Crippen LogP contribution in [-0.2, 0) is 11.2 Å². The maximum atomic E-state index is 10.7. The molecule has 0 saturated carbocycles. The van der Waals surface area contributed by atoms with Crippen LogP contribution >= 0.6 is 34.4 Å². The summed E-state index contributed by atoms with van der Waals surface area (Å²) < 4.78 is 6.30. The third kappa shape index (κ3) is 6.37. The van der Waals surface area contributed by atoms with Gasteiger partial charge < -0.3 is 9.84 Å². The topological polar surface area (TPSA) is 46.5 Å². The van der Waals surface area contributed by atoms with Crippen molar-refractivity contribution in [2.45, 2.75) is 18.2 Å². The Balaban J connectivity index is 1.77. The maximum absolute atomic E-state index is 10.7. The van der Waals surface area contributed by atoms with Gasteiger partial charge in [-0.05, 0) is 69.5 Å². The standard InChI is InChI=1S/C25H23IO3S/c1-2-18-8-10-20(11-9-18)22(19-6-4-3-5-7-19)14-15-30-24-13-12-21(16-23(24)26)29-17-25(27)28/h3-14,16H,2,15,17H2,1H3,(H,27,28). The zero-order chi connectivity index (χ0) is 21.3. The summed E-state index contributed by atoms with van der Waals surface area (Å²) >= 11 is 4.01. The molecule has 3 rings (SSSR count). The summed E-state index contributed by atoms with van der Waals surface area (Å²) in [5.41, 5.74) is 4.98. The highest BCUT2D eigenvalue weighted by molar-refractivity contribution is 14.1. The summed E-state index contributed by atoms with van der Waals surface area (Å²) in [6.45, 7) is 1.84. The Labute approximate surface area is 195 Å². The van der Waals surface area contributed by atoms with E-state index in [9.17, 15) is 4.79 Å². The molecule has 0 fully saturated rings. The average Bonchev–Trinajstić information content (AvgIpc) is 2.77. The Morgan fingerprint density at radius 3 is 2.37 bits per heavy atom. The van der Waals surface area contributed by atoms with Gasteiger partial charge >= 0.3 is 5.97 Å². The van der Waals surface area contributed by atoms with Crippen LogP contribution in [-0.4, -0.2) is 23.4 Å². The minimum Gasteiger partial charge on any atom is -0.482 e. The molecule has 3 aromatic carbocycles. The second kappa shape index (κ2) is 11.2. The number of hydrogen-bond acceptors (Lipinski definition) is 3. The van der Waals surface area contributed by atoms with Gasteiger partial charge in [0.05, 0.1) is 0 Å². The molecule has 30 heavy (non-hydrogen) atoms. The molecule has 154 valence electrons. The Bertz CT molecular complexity index is 1010. The summed E-state index contributed by atoms with van der Waals surface area (Å²) in [5, 5.41) is 8.75. The van der Waals surface area contributed by atoms with Crippen molar-refractivity contribution in [1.82, 2.24) is 0 Å². The van der Waals surface area contributed by atoms with Gasteiger partial charge in [-0.3, -0.25) is 0 Å². The summed E-state index contributed by atoms with van der Waals surface area (Å²) in [5.74, 6) is 0.419. The van der Waals surface area contributed by atoms with Crippen molar-refractivity contribution in [1.29, 1.82) is 0 Å². The Kier molecular flexibility index (Phi) is 8.39. The molecule has 0 saturated heterocycles. The monoisotopic (exact) mass is 530 g/mol. The van der Waals surface area contributed by atoms with Gasteiger partial charge in [-0.15, -0.1) is 11.8 Å². The SMILES string of the molecule is CCc1ccc(C(=CCSc2ccc(OCC(=O)O)cc2I)c2ccccc2)cc1. The molecule has 0 aromatic heterocycles. The number of aryl methyl sites for hydroxylation is 1. The molecule has 0 aliphatic carbocycles. The van der Waals surface area contributed by atoms with Crippen LogP contribution in [0.5, 0.6) is 5.75 Å². The van der Waals surface area contributed by atoms with E-state index in [0.29, 0.717) is 5.75 Å². The van der Waals surface area contributed by atoms with E-state index in [1.54, 1.807) is 11.8 Å². The van der Waals surface area contributed by atoms with Crippen LogP contribution < -0.4 is 4.74 Å². The highest BCUT2D eigenvalue weighted by Gasteiger charge is 2.07. The van der Waals surface area contributed by atoms with Gasteiger partial charge in [-0.2, -0.15) is 0 Å². The number of carbonyl (C=O) groups is 1. The molecule has 1 N–H and O–H groups in total. The Morgan fingerprint density at radius 2 is 1.73 bits per heavy atom. The number of aliphatic carboxylic acids is 1. The molecular formula is C25H23IO3S. The molecule has 0 unspecified atom stereocenters. The number of thioether (sulfide) groups is 1. The zero-order valence-corrected chi connectivity index (χ0v) is 19.7. The van der Waals surface area contributed by atoms with Crippen molar-refractivity contribution in [2.24, 2.45) is 0 Å². The van der Waals surface area contributed by atoms with Gasteiger partial charge in [0.15, 0.2) is 6.61 Å². The van der Waals surface area contributed by atoms with Crippen LogP contribution in [0.4, 0.5) is 0 Å². The molecular weight excluding hydrogens is 507 g/mol. The number of rotatable bonds is 9. The first-order chi connectivity index (χ1) is 14.6. The summed E-state index contributed by atoms with van der Waals surface area (Å²) in [7, 11) is 0. The van der Waals surface area contributed by atoms with Crippen molar-refractivity contribution in [3.8, 4) is 5.75 Å². The average molecular weight is 530 g/mol. The van der Waals surface area contributed by atoms with Crippen LogP contribution in [0, 0.1) is 3.57 Å². The van der Waals surface area contributed by atoms with Crippen molar-refractivity contribution in [3.63, 3.8) is 0 Å². The van der Waals surface area contributed by atoms with Crippen LogP contribution in [0.1, 0.15) is 23.6 Å². The van der Waals surface area contributed by atoms with E-state index in [2.05, 4.69) is 84.1 Å². The number of halogens is 1. The van der Waals surface area contributed by atoms with Crippen molar-refractivity contribution >= 4 is 45.9 Å². The largest absolute Gasteiger partial charge is 0.482 e. The molecule has 0 spiro atoms. The third-order valence-corrected chi connectivity index (χ3v) is 6.81. The first-order valence-electron chi connectivity index (χ1n) is 9.68. The molecule has 0 amide bonds. The number of hydrogen-bond donors (Lipinski definition) is 1. The summed E-state index contributed by atoms with van der Waals surface area (Å²) in [4.78, 5) is 11.8. The first-order valence-corrected chi connectivity index (χ1v) is 11.7. The predicted octanol–water partition coefficient (Wildman–Crippen LogP) is 6.54. The third-order valence-electron chi connectivity index (χ3n) is 4.55. The molecule has 3 aromatic rings. The summed E-state index contributed by atoms with van der Waals surface area (Å²) in [6.07, 6.45) is 3.30. The fourth-order valence-electron chi connectivity index (χ4n) is 2.99. The number of carboxylic acid groups (broad SMARTS) is 1. The number of carboxylic acids is 1. The molecule has 0 heterocycles. The van der Waals surface area contributed by atoms with E-state index in [0.717, 1.165) is 20.6 Å². The Morgan fingerprint density at radius 1 is 1.03 bits per heavy atom. The molecule has 0 radical (unpaired) electrons. The Hall–Kier alpha value is -2.25. The van der Waals surface area contributed by atoms with Gasteiger partial charge in [0, 0.05) is 14.2 Å². The van der Waals surface area contributed by atoms with Gasteiger partial charge in [-0.1, -0.05) is 67.6 Å². The van der Waals surface area contributed by atoms with E-state index in [4.69, 9.17) is 9.84 Å². The van der Waals surface area contributed by atoms with E-state index < -0.39 is 5.97 Å². The van der Waals surface area contributed by atoms with Crippen LogP contribution in [0.2, 0.25) is 0 Å². The van der Waals surface area contributed by atoms with E-state index in [1.807, 2.05) is 24.3 Å². The zero-order valence-electron chi connectivity index (χ0n) is 16.7. The predicted molar refractivity (Wildman–Crippen MR) is 132 cm³/mol. The van der Waals surface area contributed by atoms with Crippen LogP contribution in [0.25, 0.3) is 5.57 Å². The minimum absolute atomic E-state index is 0.331. The van der Waals surface area contributed by atoms with Gasteiger partial charge in [0.25, 0.3) is 0 Å². The highest BCUT2D eigenvalue weighted by Crippen LogP contribution is 2.30. The minimum atomic E-state index is -0.978. The molecule has 0 atom stereocenters. The molecule has 0 aliphatic heterocycles. The maximum Gasteiger partial charge on any atom is 0.341 e. The fraction of sp³-hybridized carbons (Fsp3) is 0.160. The molecule has 5 heteroatoms. The lowest BCUT2D eigenvalue weighted by Crippen LogP contribution is -2.09. The molecule has 0 aliphatic rings. The van der Waals surface area contributed by atoms with Crippen LogP contribution in [0.15, 0.2) is 83.8 Å². The van der Waals surface area contributed by atoms with Crippen LogP contribution in [0.3, 0.4) is 0 Å². The fourth-order valence-corrected chi connectivity index (χ4v) is 4.73. The van der Waals surface area contributed by atoms with Gasteiger partial charge in [0.1, 0.15) is 5.75 Å². The highest BCUT2D eigenvalue weighted by atomic mass is 127. The van der Waals surface area contributed by atoms with E-state index in [1.165, 1.54) is 22.3 Å².